The van der Waals surface area contributed by atoms with Gasteiger partial charge < -0.3 is 16.0 Å². The van der Waals surface area contributed by atoms with Gasteiger partial charge in [-0.3, -0.25) is 14.4 Å². The zero-order valence-corrected chi connectivity index (χ0v) is 14.2. The number of aryl methyl sites for hydroxylation is 1. The zero-order chi connectivity index (χ0) is 17.5. The summed E-state index contributed by atoms with van der Waals surface area (Å²) < 4.78 is 0. The van der Waals surface area contributed by atoms with E-state index >= 15 is 0 Å². The van der Waals surface area contributed by atoms with E-state index in [0.29, 0.717) is 5.69 Å². The number of anilines is 1. The molecule has 0 fully saturated rings. The molecule has 0 spiro atoms. The highest BCUT2D eigenvalue weighted by molar-refractivity contribution is 7.13. The lowest BCUT2D eigenvalue weighted by atomic mass is 10.2. The van der Waals surface area contributed by atoms with Crippen molar-refractivity contribution in [3.05, 3.63) is 35.3 Å². The molecule has 3 amide bonds. The molecule has 0 aliphatic rings. The van der Waals surface area contributed by atoms with Crippen molar-refractivity contribution in [1.82, 2.24) is 15.6 Å². The number of nitrogens with zero attached hydrogens (tertiary/aromatic N) is 1. The summed E-state index contributed by atoms with van der Waals surface area (Å²) in [5.74, 6) is -1.07. The van der Waals surface area contributed by atoms with Crippen LogP contribution in [-0.4, -0.2) is 35.8 Å². The second-order valence-corrected chi connectivity index (χ2v) is 5.96. The van der Waals surface area contributed by atoms with Crippen molar-refractivity contribution in [1.29, 1.82) is 0 Å². The van der Waals surface area contributed by atoms with E-state index in [2.05, 4.69) is 20.9 Å². The van der Waals surface area contributed by atoms with Crippen LogP contribution in [0.4, 0.5) is 5.69 Å². The Morgan fingerprint density at radius 3 is 2.29 bits per heavy atom. The third-order valence-electron chi connectivity index (χ3n) is 2.98. The first-order valence-corrected chi connectivity index (χ1v) is 8.15. The van der Waals surface area contributed by atoms with E-state index < -0.39 is 5.91 Å². The Morgan fingerprint density at radius 1 is 1.04 bits per heavy atom. The van der Waals surface area contributed by atoms with Crippen molar-refractivity contribution in [2.75, 3.05) is 18.4 Å². The molecule has 0 atom stereocenters. The molecular weight excluding hydrogens is 328 g/mol. The van der Waals surface area contributed by atoms with Crippen LogP contribution in [0.3, 0.4) is 0 Å². The first-order chi connectivity index (χ1) is 11.4. The third kappa shape index (κ3) is 5.47. The van der Waals surface area contributed by atoms with Crippen LogP contribution in [0.15, 0.2) is 29.6 Å². The molecule has 0 aliphatic carbocycles. The zero-order valence-electron chi connectivity index (χ0n) is 13.4. The standard InChI is InChI=1S/C16H18N4O3S/c1-10-9-24-16(19-10)12-3-5-13(6-4-12)20-15(23)8-18-14(22)7-17-11(2)21/h3-6,9H,7-8H2,1-2H3,(H,17,21)(H,18,22)(H,20,23). The fraction of sp³-hybridized carbons (Fsp3) is 0.250. The summed E-state index contributed by atoms with van der Waals surface area (Å²) in [5, 5.41) is 10.4. The Hall–Kier alpha value is -2.74. The maximum atomic E-state index is 11.8. The Bertz CT molecular complexity index is 740. The highest BCUT2D eigenvalue weighted by Crippen LogP contribution is 2.24. The van der Waals surface area contributed by atoms with Gasteiger partial charge in [0.2, 0.25) is 17.7 Å². The van der Waals surface area contributed by atoms with Crippen molar-refractivity contribution in [2.45, 2.75) is 13.8 Å². The van der Waals surface area contributed by atoms with Gasteiger partial charge in [-0.05, 0) is 31.2 Å². The van der Waals surface area contributed by atoms with Gasteiger partial charge in [0.15, 0.2) is 0 Å². The molecule has 1 heterocycles. The van der Waals surface area contributed by atoms with Gasteiger partial charge >= 0.3 is 0 Å². The minimum atomic E-state index is -0.421. The lowest BCUT2D eigenvalue weighted by Gasteiger charge is -2.07. The molecule has 24 heavy (non-hydrogen) atoms. The summed E-state index contributed by atoms with van der Waals surface area (Å²) >= 11 is 1.56. The smallest absolute Gasteiger partial charge is 0.243 e. The van der Waals surface area contributed by atoms with Gasteiger partial charge in [0.05, 0.1) is 13.1 Å². The Labute approximate surface area is 143 Å². The molecule has 0 saturated carbocycles. The summed E-state index contributed by atoms with van der Waals surface area (Å²) in [6, 6.07) is 7.32. The molecule has 0 unspecified atom stereocenters. The summed E-state index contributed by atoms with van der Waals surface area (Å²) in [6.07, 6.45) is 0. The van der Waals surface area contributed by atoms with E-state index in [-0.39, 0.29) is 24.9 Å². The number of rotatable bonds is 6. The molecule has 0 radical (unpaired) electrons. The summed E-state index contributed by atoms with van der Waals surface area (Å²) in [7, 11) is 0. The van der Waals surface area contributed by atoms with E-state index in [1.54, 1.807) is 23.5 Å². The summed E-state index contributed by atoms with van der Waals surface area (Å²) in [4.78, 5) is 38.3. The number of aromatic nitrogens is 1. The number of hydrogen-bond donors (Lipinski definition) is 3. The molecule has 2 aromatic rings. The molecule has 3 N–H and O–H groups in total. The molecule has 0 bridgehead atoms. The highest BCUT2D eigenvalue weighted by Gasteiger charge is 2.07. The first-order valence-electron chi connectivity index (χ1n) is 7.27. The number of carbonyl (C=O) groups excluding carboxylic acids is 3. The highest BCUT2D eigenvalue weighted by atomic mass is 32.1. The maximum absolute atomic E-state index is 11.8. The van der Waals surface area contributed by atoms with E-state index in [1.807, 2.05) is 24.4 Å². The molecule has 1 aromatic heterocycles. The lowest BCUT2D eigenvalue weighted by molar-refractivity contribution is -0.126. The molecule has 8 heteroatoms. The molecule has 7 nitrogen and oxygen atoms in total. The fourth-order valence-corrected chi connectivity index (χ4v) is 2.64. The molecular formula is C16H18N4O3S. The van der Waals surface area contributed by atoms with Gasteiger partial charge in [0.25, 0.3) is 0 Å². The lowest BCUT2D eigenvalue weighted by Crippen LogP contribution is -2.39. The quantitative estimate of drug-likeness (QED) is 0.734. The van der Waals surface area contributed by atoms with Crippen LogP contribution >= 0.6 is 11.3 Å². The Kier molecular flexibility index (Phi) is 6.02. The van der Waals surface area contributed by atoms with Gasteiger partial charge in [-0.25, -0.2) is 4.98 Å². The maximum Gasteiger partial charge on any atom is 0.243 e. The number of thiazole rings is 1. The van der Waals surface area contributed by atoms with Crippen molar-refractivity contribution < 1.29 is 14.4 Å². The van der Waals surface area contributed by atoms with Crippen LogP contribution in [0.1, 0.15) is 12.6 Å². The van der Waals surface area contributed by atoms with Crippen molar-refractivity contribution in [2.24, 2.45) is 0 Å². The van der Waals surface area contributed by atoms with Crippen LogP contribution < -0.4 is 16.0 Å². The van der Waals surface area contributed by atoms with Gasteiger partial charge in [-0.2, -0.15) is 0 Å². The second-order valence-electron chi connectivity index (χ2n) is 5.11. The monoisotopic (exact) mass is 346 g/mol. The van der Waals surface area contributed by atoms with Crippen LogP contribution in [0, 0.1) is 6.92 Å². The van der Waals surface area contributed by atoms with E-state index in [9.17, 15) is 14.4 Å². The molecule has 126 valence electrons. The number of benzene rings is 1. The fourth-order valence-electron chi connectivity index (χ4n) is 1.83. The molecule has 1 aromatic carbocycles. The average molecular weight is 346 g/mol. The Morgan fingerprint density at radius 2 is 1.71 bits per heavy atom. The normalized spacial score (nSPS) is 10.1. The molecule has 2 rings (SSSR count). The largest absolute Gasteiger partial charge is 0.347 e. The SMILES string of the molecule is CC(=O)NCC(=O)NCC(=O)Nc1ccc(-c2nc(C)cs2)cc1. The minimum Gasteiger partial charge on any atom is -0.347 e. The third-order valence-corrected chi connectivity index (χ3v) is 3.99. The van der Waals surface area contributed by atoms with Crippen molar-refractivity contribution >= 4 is 34.7 Å². The van der Waals surface area contributed by atoms with Crippen LogP contribution in [-0.2, 0) is 14.4 Å². The number of carbonyl (C=O) groups is 3. The topological polar surface area (TPSA) is 100 Å². The molecule has 0 saturated heterocycles. The second kappa shape index (κ2) is 8.21. The van der Waals surface area contributed by atoms with E-state index in [1.165, 1.54) is 6.92 Å². The summed E-state index contributed by atoms with van der Waals surface area (Å²) in [5.41, 5.74) is 2.59. The Balaban J connectivity index is 1.81. The minimum absolute atomic E-state index is 0.148. The van der Waals surface area contributed by atoms with Crippen LogP contribution in [0.2, 0.25) is 0 Å². The van der Waals surface area contributed by atoms with E-state index in [0.717, 1.165) is 16.3 Å². The summed E-state index contributed by atoms with van der Waals surface area (Å²) in [6.45, 7) is 2.95. The predicted molar refractivity (Wildman–Crippen MR) is 92.6 cm³/mol. The van der Waals surface area contributed by atoms with Crippen LogP contribution in [0.5, 0.6) is 0 Å². The van der Waals surface area contributed by atoms with Crippen molar-refractivity contribution in [3.8, 4) is 10.6 Å². The first kappa shape index (κ1) is 17.6. The predicted octanol–water partition coefficient (Wildman–Crippen LogP) is 1.31. The van der Waals surface area contributed by atoms with Crippen LogP contribution in [0.25, 0.3) is 10.6 Å². The van der Waals surface area contributed by atoms with E-state index in [4.69, 9.17) is 0 Å². The molecule has 0 aliphatic heterocycles. The number of nitrogens with one attached hydrogen (secondary N) is 3. The van der Waals surface area contributed by atoms with Gasteiger partial charge in [0, 0.05) is 29.2 Å². The van der Waals surface area contributed by atoms with Gasteiger partial charge in [-0.1, -0.05) is 0 Å². The number of amides is 3. The van der Waals surface area contributed by atoms with Gasteiger partial charge in [0.1, 0.15) is 5.01 Å². The average Bonchev–Trinajstić information content (AvgIpc) is 2.98. The number of hydrogen-bond acceptors (Lipinski definition) is 5. The van der Waals surface area contributed by atoms with Gasteiger partial charge in [-0.15, -0.1) is 11.3 Å². The van der Waals surface area contributed by atoms with Crippen molar-refractivity contribution in [3.63, 3.8) is 0 Å².